The molecule has 0 radical (unpaired) electrons. The van der Waals surface area contributed by atoms with Crippen molar-refractivity contribution >= 4 is 28.8 Å². The fourth-order valence-electron chi connectivity index (χ4n) is 3.74. The number of benzene rings is 1. The number of aliphatic imine (C=N–C) groups is 1. The first-order chi connectivity index (χ1) is 14.5. The van der Waals surface area contributed by atoms with Crippen LogP contribution in [0.25, 0.3) is 0 Å². The lowest BCUT2D eigenvalue weighted by molar-refractivity contribution is -0.150. The molecule has 0 bridgehead atoms. The van der Waals surface area contributed by atoms with Crippen molar-refractivity contribution in [2.45, 2.75) is 66.5 Å². The summed E-state index contributed by atoms with van der Waals surface area (Å²) in [6.07, 6.45) is 0.224. The highest BCUT2D eigenvalue weighted by atomic mass is 32.2. The van der Waals surface area contributed by atoms with Crippen molar-refractivity contribution in [1.29, 1.82) is 0 Å². The van der Waals surface area contributed by atoms with E-state index in [2.05, 4.69) is 23.5 Å². The molecule has 7 heteroatoms. The fraction of sp³-hybridized carbons (Fsp3) is 0.458. The number of thioether (sulfide) groups is 1. The van der Waals surface area contributed by atoms with Crippen molar-refractivity contribution < 1.29 is 14.3 Å². The van der Waals surface area contributed by atoms with Gasteiger partial charge in [-0.3, -0.25) is 4.79 Å². The Bertz CT molecular complexity index is 1000. The minimum absolute atomic E-state index is 0.0552. The van der Waals surface area contributed by atoms with Gasteiger partial charge in [-0.1, -0.05) is 35.5 Å². The summed E-state index contributed by atoms with van der Waals surface area (Å²) in [5.41, 5.74) is 4.54. The summed E-state index contributed by atoms with van der Waals surface area (Å²) in [5, 5.41) is 5.59. The minimum Gasteiger partial charge on any atom is -0.456 e. The number of hydrogen-bond acceptors (Lipinski definition) is 6. The van der Waals surface area contributed by atoms with Gasteiger partial charge in [0.1, 0.15) is 5.60 Å². The molecule has 0 saturated heterocycles. The number of nitrogens with zero attached hydrogens (tertiary/aromatic N) is 2. The fourth-order valence-corrected chi connectivity index (χ4v) is 4.70. The van der Waals surface area contributed by atoms with Gasteiger partial charge in [-0.15, -0.1) is 0 Å². The minimum atomic E-state index is -0.625. The highest BCUT2D eigenvalue weighted by Gasteiger charge is 2.42. The Balaban J connectivity index is 2.13. The molecular formula is C24H31N3O3S. The maximum absolute atomic E-state index is 13.3. The van der Waals surface area contributed by atoms with Gasteiger partial charge in [0.05, 0.1) is 23.7 Å². The monoisotopic (exact) mass is 441 g/mol. The van der Waals surface area contributed by atoms with Gasteiger partial charge in [-0.05, 0) is 65.0 Å². The molecule has 0 aromatic heterocycles. The van der Waals surface area contributed by atoms with Gasteiger partial charge in [-0.2, -0.15) is 0 Å². The Morgan fingerprint density at radius 2 is 1.94 bits per heavy atom. The molecule has 31 heavy (non-hydrogen) atoms. The molecule has 2 aliphatic rings. The average molecular weight is 442 g/mol. The van der Waals surface area contributed by atoms with Crippen LogP contribution in [-0.2, 0) is 14.3 Å². The summed E-state index contributed by atoms with van der Waals surface area (Å²) in [4.78, 5) is 32.4. The summed E-state index contributed by atoms with van der Waals surface area (Å²) in [6.45, 7) is 14.0. The third-order valence-electron chi connectivity index (χ3n) is 5.06. The first-order valence-electron chi connectivity index (χ1n) is 10.5. The van der Waals surface area contributed by atoms with Gasteiger partial charge in [0.25, 0.3) is 0 Å². The Labute approximate surface area is 188 Å². The molecule has 0 aliphatic carbocycles. The molecule has 1 aromatic rings. The smallest absolute Gasteiger partial charge is 0.338 e. The second-order valence-electron chi connectivity index (χ2n) is 8.89. The second-order valence-corrected chi connectivity index (χ2v) is 9.72. The summed E-state index contributed by atoms with van der Waals surface area (Å²) in [7, 11) is 0. The van der Waals surface area contributed by atoms with E-state index in [0.29, 0.717) is 17.8 Å². The number of amidine groups is 1. The molecule has 2 heterocycles. The summed E-state index contributed by atoms with van der Waals surface area (Å²) in [6, 6.07) is 5.82. The first-order valence-corrected chi connectivity index (χ1v) is 11.4. The van der Waals surface area contributed by atoms with Crippen molar-refractivity contribution in [2.24, 2.45) is 4.99 Å². The number of aryl methyl sites for hydroxylation is 2. The van der Waals surface area contributed by atoms with Crippen molar-refractivity contribution in [3.63, 3.8) is 0 Å². The van der Waals surface area contributed by atoms with Gasteiger partial charge in [0, 0.05) is 12.2 Å². The van der Waals surface area contributed by atoms with Crippen LogP contribution < -0.4 is 5.32 Å². The van der Waals surface area contributed by atoms with Crippen LogP contribution in [0.2, 0.25) is 0 Å². The van der Waals surface area contributed by atoms with Crippen LogP contribution in [0.3, 0.4) is 0 Å². The van der Waals surface area contributed by atoms with Crippen molar-refractivity contribution in [1.82, 2.24) is 10.2 Å². The third kappa shape index (κ3) is 5.03. The average Bonchev–Trinajstić information content (AvgIpc) is 3.03. The maximum atomic E-state index is 13.3. The van der Waals surface area contributed by atoms with E-state index in [1.54, 1.807) is 0 Å². The van der Waals surface area contributed by atoms with E-state index in [9.17, 15) is 9.59 Å². The maximum Gasteiger partial charge on any atom is 0.338 e. The normalized spacial score (nSPS) is 18.4. The van der Waals surface area contributed by atoms with E-state index in [-0.39, 0.29) is 18.3 Å². The zero-order valence-corrected chi connectivity index (χ0v) is 20.1. The molecule has 0 spiro atoms. The number of amides is 1. The summed E-state index contributed by atoms with van der Waals surface area (Å²) >= 11 is 1.48. The van der Waals surface area contributed by atoms with E-state index < -0.39 is 11.6 Å². The third-order valence-corrected chi connectivity index (χ3v) is 5.95. The molecular weight excluding hydrogens is 410 g/mol. The lowest BCUT2D eigenvalue weighted by atomic mass is 9.89. The summed E-state index contributed by atoms with van der Waals surface area (Å²) < 4.78 is 5.77. The molecule has 166 valence electrons. The van der Waals surface area contributed by atoms with E-state index in [1.807, 2.05) is 58.8 Å². The molecule has 0 saturated carbocycles. The number of esters is 1. The van der Waals surface area contributed by atoms with Crippen molar-refractivity contribution in [3.8, 4) is 0 Å². The van der Waals surface area contributed by atoms with Gasteiger partial charge >= 0.3 is 5.97 Å². The van der Waals surface area contributed by atoms with E-state index in [0.717, 1.165) is 27.6 Å². The number of carbonyl (C=O) groups excluding carboxylic acids is 2. The number of rotatable bonds is 5. The predicted octanol–water partition coefficient (Wildman–Crippen LogP) is 4.75. The Morgan fingerprint density at radius 3 is 2.58 bits per heavy atom. The predicted molar refractivity (Wildman–Crippen MR) is 125 cm³/mol. The van der Waals surface area contributed by atoms with Gasteiger partial charge in [-0.25, -0.2) is 9.79 Å². The quantitative estimate of drug-likeness (QED) is 0.668. The van der Waals surface area contributed by atoms with Crippen LogP contribution in [0.15, 0.2) is 45.6 Å². The largest absolute Gasteiger partial charge is 0.456 e. The van der Waals surface area contributed by atoms with Crippen LogP contribution in [0, 0.1) is 13.8 Å². The van der Waals surface area contributed by atoms with E-state index in [1.165, 1.54) is 11.8 Å². The van der Waals surface area contributed by atoms with Gasteiger partial charge in [0.15, 0.2) is 5.17 Å². The zero-order valence-electron chi connectivity index (χ0n) is 19.3. The van der Waals surface area contributed by atoms with E-state index in [4.69, 9.17) is 9.73 Å². The SMILES string of the molecule is CCNC(=O)CC1=CSC2=NC(C)=C(C(=O)OC(C)(C)C)C(c3cc(C)ccc3C)N12. The van der Waals surface area contributed by atoms with Crippen LogP contribution >= 0.6 is 11.8 Å². The van der Waals surface area contributed by atoms with Crippen LogP contribution in [-0.4, -0.2) is 34.1 Å². The molecule has 1 amide bonds. The lowest BCUT2D eigenvalue weighted by Crippen LogP contribution is -2.39. The number of carbonyl (C=O) groups is 2. The molecule has 3 rings (SSSR count). The standard InChI is InChI=1S/C24H31N3O3S/c1-8-25-19(28)12-17-13-31-23-26-16(4)20(22(29)30-24(5,6)7)21(27(17)23)18-11-14(2)9-10-15(18)3/h9-11,13,21H,8,12H2,1-7H3,(H,25,28). The van der Waals surface area contributed by atoms with Crippen LogP contribution in [0.1, 0.15) is 63.8 Å². The van der Waals surface area contributed by atoms with Gasteiger partial charge < -0.3 is 15.0 Å². The van der Waals surface area contributed by atoms with Crippen LogP contribution in [0.4, 0.5) is 0 Å². The molecule has 6 nitrogen and oxygen atoms in total. The highest BCUT2D eigenvalue weighted by molar-refractivity contribution is 8.16. The molecule has 1 atom stereocenters. The zero-order chi connectivity index (χ0) is 22.9. The second kappa shape index (κ2) is 8.91. The topological polar surface area (TPSA) is 71.0 Å². The number of allylic oxidation sites excluding steroid dienone is 1. The Morgan fingerprint density at radius 1 is 1.23 bits per heavy atom. The lowest BCUT2D eigenvalue weighted by Gasteiger charge is -2.37. The number of nitrogens with one attached hydrogen (secondary N) is 1. The molecule has 1 unspecified atom stereocenters. The number of hydrogen-bond donors (Lipinski definition) is 1. The summed E-state index contributed by atoms with van der Waals surface area (Å²) in [5.74, 6) is -0.437. The molecule has 1 N–H and O–H groups in total. The number of fused-ring (bicyclic) bond motifs is 1. The highest BCUT2D eigenvalue weighted by Crippen LogP contribution is 2.46. The molecule has 2 aliphatic heterocycles. The molecule has 0 fully saturated rings. The first kappa shape index (κ1) is 23.1. The number of ether oxygens (including phenoxy) is 1. The molecule has 1 aromatic carbocycles. The Hall–Kier alpha value is -2.54. The van der Waals surface area contributed by atoms with E-state index >= 15 is 0 Å². The van der Waals surface area contributed by atoms with Crippen molar-refractivity contribution in [3.05, 3.63) is 57.3 Å². The van der Waals surface area contributed by atoms with Crippen LogP contribution in [0.5, 0.6) is 0 Å². The van der Waals surface area contributed by atoms with Gasteiger partial charge in [0.2, 0.25) is 5.91 Å². The van der Waals surface area contributed by atoms with Crippen molar-refractivity contribution in [2.75, 3.05) is 6.54 Å². The Kier molecular flexibility index (Phi) is 6.65.